The normalized spacial score (nSPS) is 13.6. The summed E-state index contributed by atoms with van der Waals surface area (Å²) in [6, 6.07) is 22.6. The van der Waals surface area contributed by atoms with Crippen LogP contribution in [0.15, 0.2) is 84.6 Å². The summed E-state index contributed by atoms with van der Waals surface area (Å²) < 4.78 is 13.4. The SMILES string of the molecule is N#Cc1ccc(N2C(=O)C(Nc3ccccc3)=C(c3ccc(F)cc3)C2=O)cc1. The average molecular weight is 383 g/mol. The third-order valence-corrected chi connectivity index (χ3v) is 4.51. The number of amides is 2. The Morgan fingerprint density at radius 3 is 2.10 bits per heavy atom. The summed E-state index contributed by atoms with van der Waals surface area (Å²) in [6.45, 7) is 0. The van der Waals surface area contributed by atoms with Crippen molar-refractivity contribution in [1.82, 2.24) is 0 Å². The molecule has 1 aliphatic rings. The standard InChI is InChI=1S/C23H14FN3O2/c24-17-10-8-16(9-11-17)20-21(26-18-4-2-1-3-5-18)23(29)27(22(20)28)19-12-6-15(14-25)7-13-19/h1-13,26H. The maximum Gasteiger partial charge on any atom is 0.282 e. The predicted molar refractivity (Wildman–Crippen MR) is 107 cm³/mol. The third-order valence-electron chi connectivity index (χ3n) is 4.51. The van der Waals surface area contributed by atoms with E-state index < -0.39 is 17.6 Å². The molecule has 1 N–H and O–H groups in total. The van der Waals surface area contributed by atoms with E-state index >= 15 is 0 Å². The number of carbonyl (C=O) groups excluding carboxylic acids is 2. The number of anilines is 2. The van der Waals surface area contributed by atoms with Crippen LogP contribution in [0.1, 0.15) is 11.1 Å². The maximum atomic E-state index is 13.4. The molecule has 0 atom stereocenters. The fourth-order valence-corrected chi connectivity index (χ4v) is 3.12. The molecular weight excluding hydrogens is 369 g/mol. The van der Waals surface area contributed by atoms with Crippen molar-refractivity contribution in [3.05, 3.63) is 102 Å². The Balaban J connectivity index is 1.80. The summed E-state index contributed by atoms with van der Waals surface area (Å²) in [5.41, 5.74) is 2.11. The van der Waals surface area contributed by atoms with Gasteiger partial charge in [-0.25, -0.2) is 9.29 Å². The number of nitrogens with zero attached hydrogens (tertiary/aromatic N) is 2. The molecule has 6 heteroatoms. The quantitative estimate of drug-likeness (QED) is 0.689. The second kappa shape index (κ2) is 7.41. The van der Waals surface area contributed by atoms with Crippen LogP contribution in [0.25, 0.3) is 5.57 Å². The van der Waals surface area contributed by atoms with Crippen LogP contribution in [0.4, 0.5) is 15.8 Å². The van der Waals surface area contributed by atoms with Crippen LogP contribution in [0, 0.1) is 17.1 Å². The van der Waals surface area contributed by atoms with E-state index in [9.17, 15) is 14.0 Å². The molecule has 0 saturated heterocycles. The number of rotatable bonds is 4. The van der Waals surface area contributed by atoms with E-state index in [1.807, 2.05) is 12.1 Å². The van der Waals surface area contributed by atoms with Crippen LogP contribution in [-0.4, -0.2) is 11.8 Å². The molecule has 29 heavy (non-hydrogen) atoms. The van der Waals surface area contributed by atoms with Gasteiger partial charge in [-0.3, -0.25) is 9.59 Å². The Kier molecular flexibility index (Phi) is 4.63. The van der Waals surface area contributed by atoms with Gasteiger partial charge in [0.15, 0.2) is 0 Å². The highest BCUT2D eigenvalue weighted by atomic mass is 19.1. The summed E-state index contributed by atoms with van der Waals surface area (Å²) in [5, 5.41) is 12.0. The van der Waals surface area contributed by atoms with Crippen LogP contribution >= 0.6 is 0 Å². The summed E-state index contributed by atoms with van der Waals surface area (Å²) in [5.74, 6) is -1.49. The molecule has 140 valence electrons. The van der Waals surface area contributed by atoms with Gasteiger partial charge < -0.3 is 5.32 Å². The number of imide groups is 1. The largest absolute Gasteiger partial charge is 0.350 e. The van der Waals surface area contributed by atoms with Crippen LogP contribution < -0.4 is 10.2 Å². The van der Waals surface area contributed by atoms with Crippen molar-refractivity contribution in [3.8, 4) is 6.07 Å². The maximum absolute atomic E-state index is 13.4. The van der Waals surface area contributed by atoms with Crippen molar-refractivity contribution in [1.29, 1.82) is 5.26 Å². The van der Waals surface area contributed by atoms with E-state index in [4.69, 9.17) is 5.26 Å². The predicted octanol–water partition coefficient (Wildman–Crippen LogP) is 4.09. The average Bonchev–Trinajstić information content (AvgIpc) is 2.99. The molecule has 0 radical (unpaired) electrons. The zero-order valence-electron chi connectivity index (χ0n) is 15.1. The van der Waals surface area contributed by atoms with Gasteiger partial charge in [0.2, 0.25) is 0 Å². The number of para-hydroxylation sites is 1. The van der Waals surface area contributed by atoms with Gasteiger partial charge in [-0.1, -0.05) is 30.3 Å². The van der Waals surface area contributed by atoms with Crippen molar-refractivity contribution in [3.63, 3.8) is 0 Å². The number of benzene rings is 3. The van der Waals surface area contributed by atoms with E-state index in [-0.39, 0.29) is 11.3 Å². The highest BCUT2D eigenvalue weighted by molar-refractivity contribution is 6.46. The Labute approximate surface area is 166 Å². The minimum absolute atomic E-state index is 0.108. The Morgan fingerprint density at radius 2 is 1.48 bits per heavy atom. The molecule has 0 aromatic heterocycles. The number of carbonyl (C=O) groups is 2. The first-order valence-electron chi connectivity index (χ1n) is 8.80. The number of nitriles is 1. The van der Waals surface area contributed by atoms with E-state index in [2.05, 4.69) is 5.32 Å². The molecule has 5 nitrogen and oxygen atoms in total. The lowest BCUT2D eigenvalue weighted by Gasteiger charge is -2.15. The first kappa shape index (κ1) is 18.1. The van der Waals surface area contributed by atoms with Gasteiger partial charge >= 0.3 is 0 Å². The fraction of sp³-hybridized carbons (Fsp3) is 0. The van der Waals surface area contributed by atoms with Crippen molar-refractivity contribution in [2.75, 3.05) is 10.2 Å². The smallest absolute Gasteiger partial charge is 0.282 e. The molecule has 1 aliphatic heterocycles. The Hall–Kier alpha value is -4.24. The molecule has 1 heterocycles. The molecule has 2 amide bonds. The molecule has 0 spiro atoms. The van der Waals surface area contributed by atoms with Crippen LogP contribution in [-0.2, 0) is 9.59 Å². The van der Waals surface area contributed by atoms with Gasteiger partial charge in [-0.05, 0) is 54.1 Å². The minimum Gasteiger partial charge on any atom is -0.350 e. The van der Waals surface area contributed by atoms with E-state index in [1.54, 1.807) is 36.4 Å². The Morgan fingerprint density at radius 1 is 0.828 bits per heavy atom. The van der Waals surface area contributed by atoms with Crippen molar-refractivity contribution in [2.45, 2.75) is 0 Å². The van der Waals surface area contributed by atoms with Gasteiger partial charge in [-0.2, -0.15) is 5.26 Å². The molecule has 0 saturated carbocycles. The molecule has 0 fully saturated rings. The molecule has 4 rings (SSSR count). The van der Waals surface area contributed by atoms with E-state index in [0.717, 1.165) is 4.90 Å². The van der Waals surface area contributed by atoms with Crippen molar-refractivity contribution < 1.29 is 14.0 Å². The zero-order valence-corrected chi connectivity index (χ0v) is 15.1. The molecule has 3 aromatic rings. The highest BCUT2D eigenvalue weighted by Crippen LogP contribution is 2.33. The molecular formula is C23H14FN3O2. The van der Waals surface area contributed by atoms with Crippen LogP contribution in [0.3, 0.4) is 0 Å². The van der Waals surface area contributed by atoms with Gasteiger partial charge in [-0.15, -0.1) is 0 Å². The number of hydrogen-bond donors (Lipinski definition) is 1. The fourth-order valence-electron chi connectivity index (χ4n) is 3.12. The number of hydrogen-bond acceptors (Lipinski definition) is 4. The second-order valence-corrected chi connectivity index (χ2v) is 6.35. The first-order chi connectivity index (χ1) is 14.1. The summed E-state index contributed by atoms with van der Waals surface area (Å²) in [4.78, 5) is 27.4. The van der Waals surface area contributed by atoms with Gasteiger partial charge in [0.25, 0.3) is 11.8 Å². The third kappa shape index (κ3) is 3.37. The molecule has 0 unspecified atom stereocenters. The minimum atomic E-state index is -0.525. The van der Waals surface area contributed by atoms with Crippen molar-refractivity contribution >= 4 is 28.8 Å². The first-order valence-corrected chi connectivity index (χ1v) is 8.80. The van der Waals surface area contributed by atoms with E-state index in [1.165, 1.54) is 36.4 Å². The zero-order chi connectivity index (χ0) is 20.4. The van der Waals surface area contributed by atoms with Crippen LogP contribution in [0.5, 0.6) is 0 Å². The lowest BCUT2D eigenvalue weighted by atomic mass is 10.0. The van der Waals surface area contributed by atoms with Crippen LogP contribution in [0.2, 0.25) is 0 Å². The lowest BCUT2D eigenvalue weighted by Crippen LogP contribution is -2.32. The van der Waals surface area contributed by atoms with Gasteiger partial charge in [0, 0.05) is 5.69 Å². The summed E-state index contributed by atoms with van der Waals surface area (Å²) in [6.07, 6.45) is 0. The lowest BCUT2D eigenvalue weighted by molar-refractivity contribution is -0.120. The highest BCUT2D eigenvalue weighted by Gasteiger charge is 2.40. The van der Waals surface area contributed by atoms with Gasteiger partial charge in [0.1, 0.15) is 11.5 Å². The number of halogens is 1. The van der Waals surface area contributed by atoms with E-state index in [0.29, 0.717) is 22.5 Å². The summed E-state index contributed by atoms with van der Waals surface area (Å²) >= 11 is 0. The topological polar surface area (TPSA) is 73.2 Å². The number of nitrogens with one attached hydrogen (secondary N) is 1. The summed E-state index contributed by atoms with van der Waals surface area (Å²) in [7, 11) is 0. The second-order valence-electron chi connectivity index (χ2n) is 6.35. The molecule has 0 bridgehead atoms. The van der Waals surface area contributed by atoms with Crippen molar-refractivity contribution in [2.24, 2.45) is 0 Å². The van der Waals surface area contributed by atoms with Gasteiger partial charge in [0.05, 0.1) is 22.9 Å². The monoisotopic (exact) mass is 383 g/mol. The Bertz CT molecular complexity index is 1160. The molecule has 3 aromatic carbocycles. The molecule has 0 aliphatic carbocycles.